The summed E-state index contributed by atoms with van der Waals surface area (Å²) in [7, 11) is 0. The molecule has 1 saturated heterocycles. The van der Waals surface area contributed by atoms with E-state index in [0.29, 0.717) is 19.6 Å². The van der Waals surface area contributed by atoms with Crippen LogP contribution < -0.4 is 10.6 Å². The first-order chi connectivity index (χ1) is 12.2. The van der Waals surface area contributed by atoms with E-state index in [1.807, 2.05) is 48.8 Å². The highest BCUT2D eigenvalue weighted by Crippen LogP contribution is 2.30. The number of carbonyl (C=O) groups excluding carboxylic acids is 1. The van der Waals surface area contributed by atoms with Crippen molar-refractivity contribution < 1.29 is 4.79 Å². The lowest BCUT2D eigenvalue weighted by molar-refractivity contribution is 0.175. The summed E-state index contributed by atoms with van der Waals surface area (Å²) in [6.07, 6.45) is 3.76. The van der Waals surface area contributed by atoms with Crippen LogP contribution in [0.3, 0.4) is 0 Å². The van der Waals surface area contributed by atoms with Crippen LogP contribution in [0.5, 0.6) is 0 Å². The second-order valence-electron chi connectivity index (χ2n) is 5.90. The molecule has 128 valence electrons. The van der Waals surface area contributed by atoms with E-state index in [0.717, 1.165) is 22.1 Å². The maximum Gasteiger partial charge on any atom is 0.315 e. The number of aromatic nitrogens is 3. The van der Waals surface area contributed by atoms with Gasteiger partial charge < -0.3 is 20.5 Å². The molecule has 1 aliphatic rings. The summed E-state index contributed by atoms with van der Waals surface area (Å²) in [5.74, 6) is 0.733. The molecule has 4 rings (SSSR count). The molecule has 3 heterocycles. The monoisotopic (exact) mass is 354 g/mol. The van der Waals surface area contributed by atoms with E-state index in [1.54, 1.807) is 4.90 Å². The number of aromatic amines is 1. The van der Waals surface area contributed by atoms with Gasteiger partial charge in [0.2, 0.25) is 5.13 Å². The van der Waals surface area contributed by atoms with Crippen LogP contribution in [0.4, 0.5) is 9.93 Å². The Bertz CT molecular complexity index is 847. The van der Waals surface area contributed by atoms with Crippen LogP contribution in [0, 0.1) is 0 Å². The lowest BCUT2D eigenvalue weighted by Crippen LogP contribution is -2.52. The Morgan fingerprint density at radius 1 is 1.24 bits per heavy atom. The normalized spacial score (nSPS) is 17.7. The molecule has 1 aromatic carbocycles. The predicted octanol–water partition coefficient (Wildman–Crippen LogP) is 2.48. The van der Waals surface area contributed by atoms with E-state index in [4.69, 9.17) is 5.73 Å². The van der Waals surface area contributed by atoms with Crippen LogP contribution in [0.15, 0.2) is 48.8 Å². The molecule has 1 aliphatic heterocycles. The van der Waals surface area contributed by atoms with Gasteiger partial charge in [0.05, 0.1) is 6.04 Å². The topological polar surface area (TPSA) is 91.1 Å². The average molecular weight is 354 g/mol. The van der Waals surface area contributed by atoms with Gasteiger partial charge in [-0.3, -0.25) is 0 Å². The molecule has 3 N–H and O–H groups in total. The second kappa shape index (κ2) is 6.56. The van der Waals surface area contributed by atoms with Gasteiger partial charge in [-0.15, -0.1) is 0 Å². The van der Waals surface area contributed by atoms with E-state index >= 15 is 0 Å². The smallest absolute Gasteiger partial charge is 0.315 e. The molecule has 2 aromatic heterocycles. The number of nitrogens with zero attached hydrogens (tertiary/aromatic N) is 4. The maximum absolute atomic E-state index is 11.8. The molecular weight excluding hydrogens is 336 g/mol. The first kappa shape index (κ1) is 15.6. The number of rotatable bonds is 3. The summed E-state index contributed by atoms with van der Waals surface area (Å²) in [5, 5.41) is 0.864. The molecule has 0 saturated carbocycles. The molecular formula is C17H18N6OS. The Morgan fingerprint density at radius 3 is 2.80 bits per heavy atom. The Hall–Kier alpha value is -2.87. The van der Waals surface area contributed by atoms with Crippen LogP contribution in [-0.4, -0.2) is 44.9 Å². The number of nitrogens with two attached hydrogens (primary N) is 1. The minimum Gasteiger partial charge on any atom is -0.367 e. The zero-order chi connectivity index (χ0) is 17.2. The largest absolute Gasteiger partial charge is 0.367 e. The van der Waals surface area contributed by atoms with Gasteiger partial charge >= 0.3 is 6.03 Å². The number of H-pyrrole nitrogens is 1. The Morgan fingerprint density at radius 2 is 2.08 bits per heavy atom. The number of carbonyl (C=O) groups is 1. The summed E-state index contributed by atoms with van der Waals surface area (Å²) in [6, 6.07) is 11.4. The number of primary amides is 1. The van der Waals surface area contributed by atoms with Crippen molar-refractivity contribution in [3.8, 4) is 11.4 Å². The maximum atomic E-state index is 11.8. The van der Waals surface area contributed by atoms with Crippen molar-refractivity contribution in [3.63, 3.8) is 0 Å². The molecule has 1 atom stereocenters. The lowest BCUT2D eigenvalue weighted by atomic mass is 10.1. The third kappa shape index (κ3) is 3.08. The van der Waals surface area contributed by atoms with Crippen LogP contribution in [0.2, 0.25) is 0 Å². The summed E-state index contributed by atoms with van der Waals surface area (Å²) in [5.41, 5.74) is 7.60. The van der Waals surface area contributed by atoms with Crippen molar-refractivity contribution in [2.45, 2.75) is 6.04 Å². The summed E-state index contributed by atoms with van der Waals surface area (Å²) in [6.45, 7) is 1.89. The SMILES string of the molecule is NC(=O)N1CCN(c2nc(-c3ccccc3)ns2)CC1c1cc[nH]c1. The van der Waals surface area contributed by atoms with Crippen molar-refractivity contribution in [1.82, 2.24) is 19.2 Å². The fraction of sp³-hybridized carbons (Fsp3) is 0.235. The van der Waals surface area contributed by atoms with Gasteiger partial charge in [0.25, 0.3) is 0 Å². The van der Waals surface area contributed by atoms with Crippen LogP contribution >= 0.6 is 11.5 Å². The highest BCUT2D eigenvalue weighted by Gasteiger charge is 2.32. The van der Waals surface area contributed by atoms with Crippen LogP contribution in [-0.2, 0) is 0 Å². The Balaban J connectivity index is 1.58. The lowest BCUT2D eigenvalue weighted by Gasteiger charge is -2.40. The summed E-state index contributed by atoms with van der Waals surface area (Å²) < 4.78 is 4.48. The summed E-state index contributed by atoms with van der Waals surface area (Å²) >= 11 is 1.38. The molecule has 1 fully saturated rings. The van der Waals surface area contributed by atoms with Crippen molar-refractivity contribution in [1.29, 1.82) is 0 Å². The number of nitrogens with one attached hydrogen (secondary N) is 1. The molecule has 1 unspecified atom stereocenters. The number of benzene rings is 1. The summed E-state index contributed by atoms with van der Waals surface area (Å²) in [4.78, 5) is 23.4. The van der Waals surface area contributed by atoms with Crippen molar-refractivity contribution >= 4 is 22.7 Å². The van der Waals surface area contributed by atoms with Gasteiger partial charge in [0, 0.05) is 49.1 Å². The Kier molecular flexibility index (Phi) is 4.10. The number of hydrogen-bond acceptors (Lipinski definition) is 5. The van der Waals surface area contributed by atoms with Gasteiger partial charge in [0.1, 0.15) is 0 Å². The number of amides is 2. The highest BCUT2D eigenvalue weighted by molar-refractivity contribution is 7.09. The van der Waals surface area contributed by atoms with Gasteiger partial charge in [-0.05, 0) is 11.6 Å². The number of piperazine rings is 1. The van der Waals surface area contributed by atoms with Crippen molar-refractivity contribution in [2.75, 3.05) is 24.5 Å². The molecule has 3 aromatic rings. The van der Waals surface area contributed by atoms with Crippen LogP contribution in [0.1, 0.15) is 11.6 Å². The molecule has 0 radical (unpaired) electrons. The number of hydrogen-bond donors (Lipinski definition) is 2. The second-order valence-corrected chi connectivity index (χ2v) is 6.63. The fourth-order valence-corrected chi connectivity index (χ4v) is 3.82. The third-order valence-electron chi connectivity index (χ3n) is 4.39. The van der Waals surface area contributed by atoms with Crippen molar-refractivity contribution in [3.05, 3.63) is 54.4 Å². The van der Waals surface area contributed by atoms with E-state index in [1.165, 1.54) is 11.5 Å². The molecule has 0 bridgehead atoms. The molecule has 25 heavy (non-hydrogen) atoms. The zero-order valence-electron chi connectivity index (χ0n) is 13.5. The minimum atomic E-state index is -0.395. The minimum absolute atomic E-state index is 0.0958. The Labute approximate surface area is 149 Å². The predicted molar refractivity (Wildman–Crippen MR) is 97.4 cm³/mol. The highest BCUT2D eigenvalue weighted by atomic mass is 32.1. The number of anilines is 1. The molecule has 0 aliphatic carbocycles. The molecule has 2 amide bonds. The van der Waals surface area contributed by atoms with Gasteiger partial charge in [-0.2, -0.15) is 9.36 Å². The third-order valence-corrected chi connectivity index (χ3v) is 5.17. The van der Waals surface area contributed by atoms with E-state index in [-0.39, 0.29) is 6.04 Å². The fourth-order valence-electron chi connectivity index (χ4n) is 3.10. The van der Waals surface area contributed by atoms with Gasteiger partial charge in [-0.25, -0.2) is 4.79 Å². The van der Waals surface area contributed by atoms with E-state index < -0.39 is 6.03 Å². The van der Waals surface area contributed by atoms with Gasteiger partial charge in [-0.1, -0.05) is 30.3 Å². The molecule has 0 spiro atoms. The van der Waals surface area contributed by atoms with Gasteiger partial charge in [0.15, 0.2) is 5.82 Å². The standard InChI is InChI=1S/C17H18N6OS/c18-16(24)23-9-8-22(11-14(23)13-6-7-19-10-13)17-20-15(21-25-17)12-4-2-1-3-5-12/h1-7,10,14,19H,8-9,11H2,(H2,18,24). The van der Waals surface area contributed by atoms with E-state index in [2.05, 4.69) is 19.2 Å². The zero-order valence-corrected chi connectivity index (χ0v) is 14.3. The first-order valence-corrected chi connectivity index (χ1v) is 8.82. The molecule has 7 nitrogen and oxygen atoms in total. The average Bonchev–Trinajstić information content (AvgIpc) is 3.34. The molecule has 8 heteroatoms. The first-order valence-electron chi connectivity index (χ1n) is 8.05. The van der Waals surface area contributed by atoms with Crippen molar-refractivity contribution in [2.24, 2.45) is 5.73 Å². The quantitative estimate of drug-likeness (QED) is 0.756. The van der Waals surface area contributed by atoms with E-state index in [9.17, 15) is 4.79 Å². The number of urea groups is 1. The van der Waals surface area contributed by atoms with Crippen LogP contribution in [0.25, 0.3) is 11.4 Å².